The Morgan fingerprint density at radius 2 is 1.28 bits per heavy atom. The zero-order chi connectivity index (χ0) is 19.8. The van der Waals surface area contributed by atoms with Crippen LogP contribution in [0.1, 0.15) is 13.8 Å². The van der Waals surface area contributed by atoms with Crippen LogP contribution in [0.15, 0.2) is 24.3 Å². The molecule has 0 rings (SSSR count). The SMILES string of the molecule is CCN(CC)C(=O)COC(=O)/C=C/C(=O)OC.O=C(O)/C=C/C(=O)O. The summed E-state index contributed by atoms with van der Waals surface area (Å²) in [6, 6.07) is 0. The Balaban J connectivity index is 0. The third kappa shape index (κ3) is 15.5. The van der Waals surface area contributed by atoms with E-state index in [0.29, 0.717) is 25.2 Å². The molecule has 0 bridgehead atoms. The van der Waals surface area contributed by atoms with Crippen LogP contribution >= 0.6 is 0 Å². The van der Waals surface area contributed by atoms with Crippen LogP contribution in [0.4, 0.5) is 0 Å². The molecular formula is C15H21NO9. The number of nitrogens with zero attached hydrogens (tertiary/aromatic N) is 1. The smallest absolute Gasteiger partial charge is 0.331 e. The summed E-state index contributed by atoms with van der Waals surface area (Å²) in [4.78, 5) is 53.8. The van der Waals surface area contributed by atoms with Gasteiger partial charge in [-0.25, -0.2) is 19.2 Å². The number of methoxy groups -OCH3 is 1. The normalized spacial score (nSPS) is 9.88. The molecule has 0 aromatic carbocycles. The van der Waals surface area contributed by atoms with Gasteiger partial charge in [-0.2, -0.15) is 0 Å². The van der Waals surface area contributed by atoms with Gasteiger partial charge in [-0.1, -0.05) is 0 Å². The van der Waals surface area contributed by atoms with Crippen molar-refractivity contribution in [2.75, 3.05) is 26.8 Å². The monoisotopic (exact) mass is 359 g/mol. The summed E-state index contributed by atoms with van der Waals surface area (Å²) >= 11 is 0. The minimum Gasteiger partial charge on any atom is -0.478 e. The van der Waals surface area contributed by atoms with Crippen molar-refractivity contribution in [1.82, 2.24) is 4.90 Å². The number of hydrogen-bond donors (Lipinski definition) is 2. The second-order valence-electron chi connectivity index (χ2n) is 4.04. The molecule has 25 heavy (non-hydrogen) atoms. The molecule has 0 aliphatic rings. The molecule has 0 aromatic rings. The molecule has 0 saturated carbocycles. The molecule has 0 aromatic heterocycles. The maximum Gasteiger partial charge on any atom is 0.331 e. The fourth-order valence-electron chi connectivity index (χ4n) is 1.20. The molecular weight excluding hydrogens is 338 g/mol. The Bertz CT molecular complexity index is 517. The minimum atomic E-state index is -1.26. The summed E-state index contributed by atoms with van der Waals surface area (Å²) < 4.78 is 8.95. The van der Waals surface area contributed by atoms with Crippen LogP contribution in [0.2, 0.25) is 0 Å². The maximum atomic E-state index is 11.4. The second-order valence-corrected chi connectivity index (χ2v) is 4.04. The van der Waals surface area contributed by atoms with Crippen molar-refractivity contribution in [2.24, 2.45) is 0 Å². The van der Waals surface area contributed by atoms with E-state index in [9.17, 15) is 24.0 Å². The van der Waals surface area contributed by atoms with Crippen LogP contribution in [0, 0.1) is 0 Å². The van der Waals surface area contributed by atoms with Crippen molar-refractivity contribution >= 4 is 29.8 Å². The average Bonchev–Trinajstić information content (AvgIpc) is 2.57. The molecule has 0 fully saturated rings. The van der Waals surface area contributed by atoms with Crippen molar-refractivity contribution in [3.63, 3.8) is 0 Å². The quantitative estimate of drug-likeness (QED) is 0.445. The predicted octanol–water partition coefficient (Wildman–Crippen LogP) is -0.161. The van der Waals surface area contributed by atoms with Crippen molar-refractivity contribution in [3.05, 3.63) is 24.3 Å². The van der Waals surface area contributed by atoms with Gasteiger partial charge < -0.3 is 24.6 Å². The first kappa shape index (κ1) is 24.1. The van der Waals surface area contributed by atoms with E-state index < -0.39 is 23.9 Å². The van der Waals surface area contributed by atoms with Crippen LogP contribution in [0.25, 0.3) is 0 Å². The molecule has 1 amide bonds. The topological polar surface area (TPSA) is 148 Å². The highest BCUT2D eigenvalue weighted by Crippen LogP contribution is 1.91. The molecule has 0 unspecified atom stereocenters. The lowest BCUT2D eigenvalue weighted by Gasteiger charge is -2.17. The second kappa shape index (κ2) is 14.4. The molecule has 0 aliphatic carbocycles. The number of likely N-dealkylation sites (N-methyl/N-ethyl adjacent to an activating group) is 1. The number of hydrogen-bond acceptors (Lipinski definition) is 7. The van der Waals surface area contributed by atoms with E-state index >= 15 is 0 Å². The third-order valence-corrected chi connectivity index (χ3v) is 2.38. The van der Waals surface area contributed by atoms with Crippen LogP contribution in [0.3, 0.4) is 0 Å². The first-order valence-electron chi connectivity index (χ1n) is 7.02. The predicted molar refractivity (Wildman–Crippen MR) is 84.5 cm³/mol. The minimum absolute atomic E-state index is 0.269. The molecule has 2 N–H and O–H groups in total. The number of carboxylic acid groups (broad SMARTS) is 2. The zero-order valence-electron chi connectivity index (χ0n) is 14.1. The fourth-order valence-corrected chi connectivity index (χ4v) is 1.20. The number of carbonyl (C=O) groups excluding carboxylic acids is 3. The van der Waals surface area contributed by atoms with E-state index in [1.54, 1.807) is 0 Å². The molecule has 0 spiro atoms. The maximum absolute atomic E-state index is 11.4. The molecule has 0 aliphatic heterocycles. The number of amides is 1. The number of aliphatic carboxylic acids is 2. The van der Waals surface area contributed by atoms with E-state index in [0.717, 1.165) is 12.2 Å². The first-order chi connectivity index (χ1) is 11.7. The summed E-state index contributed by atoms with van der Waals surface area (Å²) in [5, 5.41) is 15.6. The van der Waals surface area contributed by atoms with Crippen molar-refractivity contribution < 1.29 is 43.7 Å². The van der Waals surface area contributed by atoms with E-state index in [-0.39, 0.29) is 12.5 Å². The van der Waals surface area contributed by atoms with Gasteiger partial charge in [-0.3, -0.25) is 4.79 Å². The summed E-state index contributed by atoms with van der Waals surface area (Å²) in [5.41, 5.74) is 0. The van der Waals surface area contributed by atoms with Gasteiger partial charge in [-0.05, 0) is 13.8 Å². The van der Waals surface area contributed by atoms with Crippen LogP contribution in [-0.4, -0.2) is 71.7 Å². The number of ether oxygens (including phenoxy) is 2. The highest BCUT2D eigenvalue weighted by Gasteiger charge is 2.11. The summed E-state index contributed by atoms with van der Waals surface area (Å²) in [6.45, 7) is 4.46. The van der Waals surface area contributed by atoms with Crippen molar-refractivity contribution in [1.29, 1.82) is 0 Å². The highest BCUT2D eigenvalue weighted by molar-refractivity contribution is 5.92. The molecule has 0 heterocycles. The highest BCUT2D eigenvalue weighted by atomic mass is 16.5. The van der Waals surface area contributed by atoms with Gasteiger partial charge in [0, 0.05) is 37.4 Å². The number of rotatable bonds is 8. The molecule has 10 nitrogen and oxygen atoms in total. The van der Waals surface area contributed by atoms with Gasteiger partial charge in [0.1, 0.15) is 0 Å². The van der Waals surface area contributed by atoms with Crippen LogP contribution in [0.5, 0.6) is 0 Å². The van der Waals surface area contributed by atoms with E-state index in [1.165, 1.54) is 12.0 Å². The largest absolute Gasteiger partial charge is 0.478 e. The lowest BCUT2D eigenvalue weighted by Crippen LogP contribution is -2.34. The van der Waals surface area contributed by atoms with Gasteiger partial charge in [-0.15, -0.1) is 0 Å². The Kier molecular flexibility index (Phi) is 13.9. The van der Waals surface area contributed by atoms with Gasteiger partial charge in [0.15, 0.2) is 6.61 Å². The Labute approximate surface area is 144 Å². The summed E-state index contributed by atoms with van der Waals surface area (Å²) in [5.74, 6) is -4.19. The Morgan fingerprint density at radius 1 is 0.840 bits per heavy atom. The van der Waals surface area contributed by atoms with E-state index in [4.69, 9.17) is 10.2 Å². The summed E-state index contributed by atoms with van der Waals surface area (Å²) in [7, 11) is 1.20. The lowest BCUT2D eigenvalue weighted by atomic mass is 10.4. The van der Waals surface area contributed by atoms with Gasteiger partial charge in [0.25, 0.3) is 5.91 Å². The fraction of sp³-hybridized carbons (Fsp3) is 0.400. The van der Waals surface area contributed by atoms with E-state index in [2.05, 4.69) is 9.47 Å². The molecule has 10 heteroatoms. The van der Waals surface area contributed by atoms with Gasteiger partial charge in [0.05, 0.1) is 7.11 Å². The molecule has 0 atom stereocenters. The summed E-state index contributed by atoms with van der Waals surface area (Å²) in [6.07, 6.45) is 2.97. The standard InChI is InChI=1S/C11H17NO5.C4H4O4/c1-4-12(5-2)9(13)8-17-11(15)7-6-10(14)16-3;5-3(6)1-2-4(7)8/h6-7H,4-5,8H2,1-3H3;1-2H,(H,5,6)(H,7,8)/b7-6+;2-1+. The molecule has 140 valence electrons. The number of esters is 2. The van der Waals surface area contributed by atoms with Gasteiger partial charge >= 0.3 is 23.9 Å². The van der Waals surface area contributed by atoms with Crippen LogP contribution in [-0.2, 0) is 33.4 Å². The van der Waals surface area contributed by atoms with Gasteiger partial charge in [0.2, 0.25) is 0 Å². The zero-order valence-corrected chi connectivity index (χ0v) is 14.1. The van der Waals surface area contributed by atoms with Crippen LogP contribution < -0.4 is 0 Å². The Hall–Kier alpha value is -3.17. The number of carboxylic acids is 2. The van der Waals surface area contributed by atoms with E-state index in [1.807, 2.05) is 13.8 Å². The Morgan fingerprint density at radius 3 is 1.64 bits per heavy atom. The number of carbonyl (C=O) groups is 5. The lowest BCUT2D eigenvalue weighted by molar-refractivity contribution is -0.148. The average molecular weight is 359 g/mol. The van der Waals surface area contributed by atoms with Crippen molar-refractivity contribution in [3.8, 4) is 0 Å². The van der Waals surface area contributed by atoms with Crippen molar-refractivity contribution in [2.45, 2.75) is 13.8 Å². The molecule has 0 saturated heterocycles. The first-order valence-corrected chi connectivity index (χ1v) is 7.02. The molecule has 0 radical (unpaired) electrons. The third-order valence-electron chi connectivity index (χ3n) is 2.38.